The van der Waals surface area contributed by atoms with E-state index in [9.17, 15) is 4.79 Å². The van der Waals surface area contributed by atoms with Crippen molar-refractivity contribution in [1.82, 2.24) is 25.3 Å². The van der Waals surface area contributed by atoms with E-state index >= 15 is 0 Å². The van der Waals surface area contributed by atoms with Crippen LogP contribution in [0.3, 0.4) is 0 Å². The molecule has 1 fully saturated rings. The Bertz CT molecular complexity index is 984. The predicted molar refractivity (Wildman–Crippen MR) is 115 cm³/mol. The number of aromatic nitrogens is 3. The van der Waals surface area contributed by atoms with Crippen LogP contribution in [0, 0.1) is 0 Å². The lowest BCUT2D eigenvalue weighted by Crippen LogP contribution is -2.44. The zero-order chi connectivity index (χ0) is 21.5. The summed E-state index contributed by atoms with van der Waals surface area (Å²) < 4.78 is 10.6. The van der Waals surface area contributed by atoms with Gasteiger partial charge < -0.3 is 14.6 Å². The van der Waals surface area contributed by atoms with Crippen LogP contribution in [0.5, 0.6) is 5.75 Å². The van der Waals surface area contributed by atoms with E-state index in [0.29, 0.717) is 24.6 Å². The SMILES string of the molecule is COc1cccc(CN2CCC(NC(=O)CCc3nc(-c4cccnc4)no3)CC2)c1. The predicted octanol–water partition coefficient (Wildman–Crippen LogP) is 2.85. The quantitative estimate of drug-likeness (QED) is 0.598. The maximum absolute atomic E-state index is 12.4. The van der Waals surface area contributed by atoms with Crippen LogP contribution in [-0.2, 0) is 17.8 Å². The van der Waals surface area contributed by atoms with E-state index in [4.69, 9.17) is 9.26 Å². The molecule has 3 aromatic rings. The Labute approximate surface area is 181 Å². The van der Waals surface area contributed by atoms with Gasteiger partial charge in [-0.05, 0) is 42.7 Å². The third kappa shape index (κ3) is 5.88. The minimum Gasteiger partial charge on any atom is -0.497 e. The Balaban J connectivity index is 1.18. The molecule has 0 spiro atoms. The highest BCUT2D eigenvalue weighted by atomic mass is 16.5. The van der Waals surface area contributed by atoms with Crippen molar-refractivity contribution in [2.45, 2.75) is 38.3 Å². The van der Waals surface area contributed by atoms with Crippen molar-refractivity contribution in [2.75, 3.05) is 20.2 Å². The third-order valence-corrected chi connectivity index (χ3v) is 5.45. The van der Waals surface area contributed by atoms with Gasteiger partial charge in [0.2, 0.25) is 17.6 Å². The minimum absolute atomic E-state index is 0.0207. The molecule has 31 heavy (non-hydrogen) atoms. The van der Waals surface area contributed by atoms with Gasteiger partial charge >= 0.3 is 0 Å². The molecule has 1 aliphatic rings. The summed E-state index contributed by atoms with van der Waals surface area (Å²) in [5.41, 5.74) is 2.04. The third-order valence-electron chi connectivity index (χ3n) is 5.45. The zero-order valence-electron chi connectivity index (χ0n) is 17.7. The van der Waals surface area contributed by atoms with E-state index < -0.39 is 0 Å². The van der Waals surface area contributed by atoms with Crippen LogP contribution >= 0.6 is 0 Å². The zero-order valence-corrected chi connectivity index (χ0v) is 17.7. The van der Waals surface area contributed by atoms with E-state index in [2.05, 4.69) is 37.5 Å². The van der Waals surface area contributed by atoms with Crippen LogP contribution in [0.1, 0.15) is 30.7 Å². The fourth-order valence-corrected chi connectivity index (χ4v) is 3.75. The summed E-state index contributed by atoms with van der Waals surface area (Å²) in [5.74, 6) is 1.86. The average Bonchev–Trinajstić information content (AvgIpc) is 3.29. The maximum atomic E-state index is 12.4. The largest absolute Gasteiger partial charge is 0.497 e. The Kier molecular flexibility index (Phi) is 6.89. The molecule has 0 atom stereocenters. The summed E-state index contributed by atoms with van der Waals surface area (Å²) in [7, 11) is 1.69. The molecule has 8 nitrogen and oxygen atoms in total. The van der Waals surface area contributed by atoms with Crippen molar-refractivity contribution in [3.63, 3.8) is 0 Å². The number of carbonyl (C=O) groups is 1. The summed E-state index contributed by atoms with van der Waals surface area (Å²) >= 11 is 0. The standard InChI is InChI=1S/C23H27N5O3/c1-30-20-6-2-4-17(14-20)16-28-12-9-19(10-13-28)25-21(29)7-8-22-26-23(27-31-22)18-5-3-11-24-15-18/h2-6,11,14-15,19H,7-10,12-13,16H2,1H3,(H,25,29). The molecule has 0 bridgehead atoms. The molecule has 1 N–H and O–H groups in total. The van der Waals surface area contributed by atoms with Gasteiger partial charge in [-0.2, -0.15) is 4.98 Å². The van der Waals surface area contributed by atoms with E-state index in [-0.39, 0.29) is 11.9 Å². The number of hydrogen-bond donors (Lipinski definition) is 1. The number of methoxy groups -OCH3 is 1. The lowest BCUT2D eigenvalue weighted by atomic mass is 10.0. The van der Waals surface area contributed by atoms with Crippen LogP contribution in [-0.4, -0.2) is 52.2 Å². The van der Waals surface area contributed by atoms with Gasteiger partial charge in [0.25, 0.3) is 0 Å². The number of pyridine rings is 1. The first-order valence-corrected chi connectivity index (χ1v) is 10.6. The Morgan fingerprint density at radius 3 is 2.90 bits per heavy atom. The summed E-state index contributed by atoms with van der Waals surface area (Å²) in [6.07, 6.45) is 6.02. The first kappa shape index (κ1) is 21.0. The van der Waals surface area contributed by atoms with Crippen molar-refractivity contribution >= 4 is 5.91 Å². The summed E-state index contributed by atoms with van der Waals surface area (Å²) in [6.45, 7) is 2.81. The highest BCUT2D eigenvalue weighted by molar-refractivity contribution is 5.76. The lowest BCUT2D eigenvalue weighted by Gasteiger charge is -2.32. The van der Waals surface area contributed by atoms with Crippen LogP contribution in [0.15, 0.2) is 53.3 Å². The first-order valence-electron chi connectivity index (χ1n) is 10.6. The number of amides is 1. The molecule has 162 valence electrons. The number of nitrogens with one attached hydrogen (secondary N) is 1. The van der Waals surface area contributed by atoms with Gasteiger partial charge in [0.1, 0.15) is 5.75 Å². The van der Waals surface area contributed by atoms with Crippen LogP contribution in [0.2, 0.25) is 0 Å². The molecular weight excluding hydrogens is 394 g/mol. The fourth-order valence-electron chi connectivity index (χ4n) is 3.75. The van der Waals surface area contributed by atoms with Gasteiger partial charge in [-0.25, -0.2) is 0 Å². The average molecular weight is 422 g/mol. The molecule has 1 aliphatic heterocycles. The molecule has 0 radical (unpaired) electrons. The van der Waals surface area contributed by atoms with Crippen molar-refractivity contribution in [3.05, 3.63) is 60.2 Å². The normalized spacial score (nSPS) is 15.0. The van der Waals surface area contributed by atoms with Crippen LogP contribution in [0.4, 0.5) is 0 Å². The smallest absolute Gasteiger partial charge is 0.227 e. The molecule has 0 unspecified atom stereocenters. The van der Waals surface area contributed by atoms with Gasteiger partial charge in [0.05, 0.1) is 7.11 Å². The van der Waals surface area contributed by atoms with E-state index in [1.807, 2.05) is 24.3 Å². The topological polar surface area (TPSA) is 93.4 Å². The lowest BCUT2D eigenvalue weighted by molar-refractivity contribution is -0.122. The molecule has 4 rings (SSSR count). The first-order chi connectivity index (χ1) is 15.2. The van der Waals surface area contributed by atoms with Gasteiger partial charge in [0.15, 0.2) is 0 Å². The Morgan fingerprint density at radius 1 is 1.26 bits per heavy atom. The highest BCUT2D eigenvalue weighted by Gasteiger charge is 2.21. The monoisotopic (exact) mass is 421 g/mol. The van der Waals surface area contributed by atoms with E-state index in [0.717, 1.165) is 43.8 Å². The number of nitrogens with zero attached hydrogens (tertiary/aromatic N) is 4. The van der Waals surface area contributed by atoms with Crippen molar-refractivity contribution in [3.8, 4) is 17.1 Å². The maximum Gasteiger partial charge on any atom is 0.227 e. The highest BCUT2D eigenvalue weighted by Crippen LogP contribution is 2.18. The Morgan fingerprint density at radius 2 is 2.13 bits per heavy atom. The Hall–Kier alpha value is -3.26. The van der Waals surface area contributed by atoms with E-state index in [1.165, 1.54) is 5.56 Å². The number of hydrogen-bond acceptors (Lipinski definition) is 7. The minimum atomic E-state index is 0.0207. The fraction of sp³-hybridized carbons (Fsp3) is 0.391. The second-order valence-electron chi connectivity index (χ2n) is 7.72. The number of benzene rings is 1. The summed E-state index contributed by atoms with van der Waals surface area (Å²) in [6, 6.07) is 12.1. The van der Waals surface area contributed by atoms with Crippen LogP contribution < -0.4 is 10.1 Å². The molecule has 2 aromatic heterocycles. The van der Waals surface area contributed by atoms with Crippen molar-refractivity contribution < 1.29 is 14.1 Å². The second kappa shape index (κ2) is 10.2. The number of piperidine rings is 1. The van der Waals surface area contributed by atoms with Crippen LogP contribution in [0.25, 0.3) is 11.4 Å². The number of aryl methyl sites for hydroxylation is 1. The number of carbonyl (C=O) groups excluding carboxylic acids is 1. The van der Waals surface area contributed by atoms with Crippen molar-refractivity contribution in [1.29, 1.82) is 0 Å². The molecule has 1 aromatic carbocycles. The van der Waals surface area contributed by atoms with Gasteiger partial charge in [-0.15, -0.1) is 0 Å². The molecule has 1 saturated heterocycles. The molecule has 3 heterocycles. The van der Waals surface area contributed by atoms with E-state index in [1.54, 1.807) is 19.5 Å². The van der Waals surface area contributed by atoms with Crippen molar-refractivity contribution in [2.24, 2.45) is 0 Å². The summed E-state index contributed by atoms with van der Waals surface area (Å²) in [5, 5.41) is 7.11. The molecule has 8 heteroatoms. The van der Waals surface area contributed by atoms with Gasteiger partial charge in [-0.1, -0.05) is 17.3 Å². The molecular formula is C23H27N5O3. The number of likely N-dealkylation sites (tertiary alicyclic amines) is 1. The number of ether oxygens (including phenoxy) is 1. The molecule has 1 amide bonds. The number of rotatable bonds is 8. The second-order valence-corrected chi connectivity index (χ2v) is 7.72. The van der Waals surface area contributed by atoms with Gasteiger partial charge in [-0.3, -0.25) is 14.7 Å². The molecule has 0 aliphatic carbocycles. The molecule has 0 saturated carbocycles. The summed E-state index contributed by atoms with van der Waals surface area (Å²) in [4.78, 5) is 23.2. The van der Waals surface area contributed by atoms with Gasteiger partial charge in [0, 0.05) is 56.5 Å².